The van der Waals surface area contributed by atoms with Gasteiger partial charge in [-0.25, -0.2) is 14.2 Å². The van der Waals surface area contributed by atoms with E-state index in [1.807, 2.05) is 0 Å². The van der Waals surface area contributed by atoms with Crippen LogP contribution in [0.5, 0.6) is 0 Å². The minimum absolute atomic E-state index is 0.0671. The van der Waals surface area contributed by atoms with Crippen LogP contribution in [0, 0.1) is 5.82 Å². The van der Waals surface area contributed by atoms with Gasteiger partial charge in [-0.1, -0.05) is 0 Å². The molecule has 0 aliphatic heterocycles. The molecule has 64 valence electrons. The Morgan fingerprint density at radius 2 is 2.33 bits per heavy atom. The quantitative estimate of drug-likeness (QED) is 0.768. The van der Waals surface area contributed by atoms with Crippen molar-refractivity contribution in [2.75, 3.05) is 5.73 Å². The van der Waals surface area contributed by atoms with Gasteiger partial charge in [-0.15, -0.1) is 0 Å². The van der Waals surface area contributed by atoms with E-state index in [0.29, 0.717) is 0 Å². The maximum absolute atomic E-state index is 12.9. The van der Waals surface area contributed by atoms with Crippen LogP contribution in [0.2, 0.25) is 0 Å². The number of nitrogen functional groups attached to an aromatic ring is 1. The lowest BCUT2D eigenvalue weighted by Crippen LogP contribution is -2.06. The fourth-order valence-electron chi connectivity index (χ4n) is 0.627. The molecule has 0 bridgehead atoms. The first-order valence-electron chi connectivity index (χ1n) is 2.86. The lowest BCUT2D eigenvalue weighted by Gasteiger charge is -2.00. The van der Waals surface area contributed by atoms with Gasteiger partial charge in [0.25, 0.3) is 0 Å². The average Bonchev–Trinajstić information content (AvgIpc) is 2.00. The molecule has 4 nitrogen and oxygen atoms in total. The van der Waals surface area contributed by atoms with Crippen molar-refractivity contribution in [3.05, 3.63) is 22.2 Å². The number of pyridine rings is 1. The lowest BCUT2D eigenvalue weighted by atomic mass is 10.3. The fourth-order valence-corrected chi connectivity index (χ4v) is 0.917. The summed E-state index contributed by atoms with van der Waals surface area (Å²) in [5.41, 5.74) is 4.67. The highest BCUT2D eigenvalue weighted by atomic mass is 79.9. The van der Waals surface area contributed by atoms with E-state index in [9.17, 15) is 9.18 Å². The van der Waals surface area contributed by atoms with E-state index < -0.39 is 17.5 Å². The first kappa shape index (κ1) is 8.92. The monoisotopic (exact) mass is 234 g/mol. The van der Waals surface area contributed by atoms with Crippen LogP contribution in [0.4, 0.5) is 10.1 Å². The normalized spacial score (nSPS) is 9.83. The van der Waals surface area contributed by atoms with Crippen LogP contribution in [0.25, 0.3) is 0 Å². The molecule has 0 spiro atoms. The Hall–Kier alpha value is -1.17. The number of anilines is 1. The summed E-state index contributed by atoms with van der Waals surface area (Å²) in [6.45, 7) is 0. The second kappa shape index (κ2) is 3.06. The molecule has 0 atom stereocenters. The van der Waals surface area contributed by atoms with E-state index in [-0.39, 0.29) is 10.2 Å². The molecule has 0 unspecified atom stereocenters. The summed E-state index contributed by atoms with van der Waals surface area (Å²) in [6.07, 6.45) is 1.08. The Balaban J connectivity index is 3.36. The number of carbonyl (C=O) groups is 1. The highest BCUT2D eigenvalue weighted by Crippen LogP contribution is 2.23. The zero-order valence-electron chi connectivity index (χ0n) is 5.71. The molecule has 1 aromatic rings. The van der Waals surface area contributed by atoms with Gasteiger partial charge in [-0.2, -0.15) is 0 Å². The van der Waals surface area contributed by atoms with Gasteiger partial charge in [0.15, 0.2) is 11.5 Å². The van der Waals surface area contributed by atoms with Crippen molar-refractivity contribution < 1.29 is 14.3 Å². The second-order valence-corrected chi connectivity index (χ2v) is 2.79. The van der Waals surface area contributed by atoms with Crippen molar-refractivity contribution in [1.29, 1.82) is 0 Å². The Kier molecular flexibility index (Phi) is 2.27. The van der Waals surface area contributed by atoms with E-state index in [1.165, 1.54) is 0 Å². The summed E-state index contributed by atoms with van der Waals surface area (Å²) < 4.78 is 12.9. The maximum Gasteiger partial charge on any atom is 0.357 e. The van der Waals surface area contributed by atoms with Crippen LogP contribution in [0.1, 0.15) is 10.5 Å². The fraction of sp³-hybridized carbons (Fsp3) is 0. The van der Waals surface area contributed by atoms with Gasteiger partial charge in [0.1, 0.15) is 0 Å². The van der Waals surface area contributed by atoms with Crippen LogP contribution in [0.15, 0.2) is 10.7 Å². The molecule has 0 amide bonds. The Bertz CT molecular complexity index is 343. The topological polar surface area (TPSA) is 76.2 Å². The molecule has 0 aromatic carbocycles. The number of nitrogens with zero attached hydrogens (tertiary/aromatic N) is 1. The van der Waals surface area contributed by atoms with Crippen molar-refractivity contribution >= 4 is 27.6 Å². The van der Waals surface area contributed by atoms with E-state index in [0.717, 1.165) is 6.20 Å². The third kappa shape index (κ3) is 1.38. The second-order valence-electron chi connectivity index (χ2n) is 2.00. The first-order chi connectivity index (χ1) is 5.54. The van der Waals surface area contributed by atoms with Gasteiger partial charge >= 0.3 is 5.97 Å². The molecular weight excluding hydrogens is 231 g/mol. The molecule has 3 N–H and O–H groups in total. The van der Waals surface area contributed by atoms with Crippen LogP contribution >= 0.6 is 15.9 Å². The predicted molar refractivity (Wildman–Crippen MR) is 43.3 cm³/mol. The van der Waals surface area contributed by atoms with Crippen molar-refractivity contribution in [3.8, 4) is 0 Å². The molecule has 0 aliphatic carbocycles. The molecule has 0 aliphatic rings. The molecule has 0 saturated carbocycles. The summed E-state index contributed by atoms with van der Waals surface area (Å²) >= 11 is 2.79. The molecule has 0 saturated heterocycles. The largest absolute Gasteiger partial charge is 0.476 e. The number of rotatable bonds is 1. The van der Waals surface area contributed by atoms with Crippen LogP contribution < -0.4 is 5.73 Å². The predicted octanol–water partition coefficient (Wildman–Crippen LogP) is 1.26. The molecule has 1 rings (SSSR count). The van der Waals surface area contributed by atoms with E-state index in [2.05, 4.69) is 20.9 Å². The van der Waals surface area contributed by atoms with Crippen molar-refractivity contribution in [2.45, 2.75) is 0 Å². The number of hydrogen-bond donors (Lipinski definition) is 2. The Labute approximate surface area is 75.3 Å². The number of hydrogen-bond acceptors (Lipinski definition) is 3. The smallest absolute Gasteiger partial charge is 0.357 e. The van der Waals surface area contributed by atoms with Gasteiger partial charge in [0.05, 0.1) is 16.4 Å². The minimum atomic E-state index is -1.42. The van der Waals surface area contributed by atoms with Gasteiger partial charge in [0.2, 0.25) is 0 Å². The molecule has 0 radical (unpaired) electrons. The van der Waals surface area contributed by atoms with E-state index in [4.69, 9.17) is 10.8 Å². The number of carboxylic acids is 1. The number of halogens is 2. The highest BCUT2D eigenvalue weighted by molar-refractivity contribution is 9.10. The zero-order chi connectivity index (χ0) is 9.30. The summed E-state index contributed by atoms with van der Waals surface area (Å²) in [5.74, 6) is -2.38. The van der Waals surface area contributed by atoms with Crippen molar-refractivity contribution in [1.82, 2.24) is 4.98 Å². The number of carboxylic acid groups (broad SMARTS) is 1. The van der Waals surface area contributed by atoms with Gasteiger partial charge in [-0.05, 0) is 15.9 Å². The Morgan fingerprint density at radius 3 is 2.83 bits per heavy atom. The molecule has 0 fully saturated rings. The Morgan fingerprint density at radius 1 is 1.75 bits per heavy atom. The zero-order valence-corrected chi connectivity index (χ0v) is 7.30. The summed E-state index contributed by atoms with van der Waals surface area (Å²) in [4.78, 5) is 13.6. The maximum atomic E-state index is 12.9. The molecule has 1 aromatic heterocycles. The third-order valence-electron chi connectivity index (χ3n) is 1.19. The number of aromatic nitrogens is 1. The van der Waals surface area contributed by atoms with Crippen LogP contribution in [0.3, 0.4) is 0 Å². The van der Waals surface area contributed by atoms with Gasteiger partial charge in [-0.3, -0.25) is 0 Å². The number of nitrogens with two attached hydrogens (primary N) is 1. The standard InChI is InChI=1S/C6H4BrFN2O2/c7-3-2(9)1-10-5(4(3)8)6(11)12/h1H,9H2,(H,11,12). The van der Waals surface area contributed by atoms with Crippen LogP contribution in [-0.4, -0.2) is 16.1 Å². The lowest BCUT2D eigenvalue weighted by molar-refractivity contribution is 0.0685. The molecule has 1 heterocycles. The molecule has 12 heavy (non-hydrogen) atoms. The minimum Gasteiger partial charge on any atom is -0.476 e. The third-order valence-corrected chi connectivity index (χ3v) is 2.00. The van der Waals surface area contributed by atoms with Crippen LogP contribution in [-0.2, 0) is 0 Å². The summed E-state index contributed by atoms with van der Waals surface area (Å²) in [7, 11) is 0. The molecule has 6 heteroatoms. The van der Waals surface area contributed by atoms with E-state index in [1.54, 1.807) is 0 Å². The van der Waals surface area contributed by atoms with Crippen molar-refractivity contribution in [2.24, 2.45) is 0 Å². The highest BCUT2D eigenvalue weighted by Gasteiger charge is 2.16. The van der Waals surface area contributed by atoms with Gasteiger partial charge < -0.3 is 10.8 Å². The van der Waals surface area contributed by atoms with Crippen molar-refractivity contribution in [3.63, 3.8) is 0 Å². The van der Waals surface area contributed by atoms with Gasteiger partial charge in [0, 0.05) is 0 Å². The first-order valence-corrected chi connectivity index (χ1v) is 3.66. The van der Waals surface area contributed by atoms with E-state index >= 15 is 0 Å². The summed E-state index contributed by atoms with van der Waals surface area (Å²) in [5, 5.41) is 8.42. The average molecular weight is 235 g/mol. The number of aromatic carboxylic acids is 1. The SMILES string of the molecule is Nc1cnc(C(=O)O)c(F)c1Br. The summed E-state index contributed by atoms with van der Waals surface area (Å²) in [6, 6.07) is 0. The molecular formula is C6H4BrFN2O2.